The molecule has 24 nitrogen and oxygen atoms in total. The third-order valence-corrected chi connectivity index (χ3v) is 17.8. The van der Waals surface area contributed by atoms with Gasteiger partial charge in [-0.05, 0) is 104 Å². The van der Waals surface area contributed by atoms with Gasteiger partial charge in [-0.3, -0.25) is 28.7 Å². The van der Waals surface area contributed by atoms with Crippen LogP contribution in [0.4, 0.5) is 11.6 Å². The summed E-state index contributed by atoms with van der Waals surface area (Å²) in [6, 6.07) is 5.96. The Hall–Kier alpha value is -7.23. The molecule has 81 heavy (non-hydrogen) atoms. The smallest absolute Gasteiger partial charge is 0.295 e. The van der Waals surface area contributed by atoms with E-state index in [9.17, 15) is 26.4 Å². The molecule has 2 atom stereocenters. The van der Waals surface area contributed by atoms with E-state index in [1.165, 1.54) is 49.9 Å². The third-order valence-electron chi connectivity index (χ3n) is 13.4. The molecule has 0 radical (unpaired) electrons. The SMILES string of the molecule is C.CC[C@@H](C)n1c(=O)c(NCc2ccc(S(=O)(=O)CC)cn2)nc2cnc(-c3c(OC)ncnc3C3CC3)nc21.CC[C@@H](C)n1c(=O)c(NCc2ccc(S(=O)(=O)CC)cn2)nc2cnc(Cl)nc21.COc1ncnc(C2CC2)c1Br. The number of rotatable bonds is 19. The number of fused-ring (bicyclic) bond motifs is 2. The Kier molecular flexibility index (Phi) is 20.1. The second kappa shape index (κ2) is 26.6. The molecule has 0 amide bonds. The van der Waals surface area contributed by atoms with E-state index < -0.39 is 19.7 Å². The quantitative estimate of drug-likeness (QED) is 0.0715. The van der Waals surface area contributed by atoms with Crippen molar-refractivity contribution in [3.63, 3.8) is 0 Å². The van der Waals surface area contributed by atoms with Gasteiger partial charge in [-0.15, -0.1) is 0 Å². The van der Waals surface area contributed by atoms with Crippen molar-refractivity contribution in [1.29, 1.82) is 0 Å². The number of hydrogen-bond donors (Lipinski definition) is 2. The number of sulfone groups is 2. The number of aromatic nitrogens is 14. The number of hydrogen-bond acceptors (Lipinski definition) is 22. The molecule has 28 heteroatoms. The van der Waals surface area contributed by atoms with E-state index in [0.29, 0.717) is 75.1 Å². The Bertz CT molecular complexity index is 3890. The Morgan fingerprint density at radius 1 is 0.617 bits per heavy atom. The summed E-state index contributed by atoms with van der Waals surface area (Å²) in [5.41, 5.74) is 4.72. The fourth-order valence-electron chi connectivity index (χ4n) is 8.16. The lowest BCUT2D eigenvalue weighted by atomic mass is 10.1. The highest BCUT2D eigenvalue weighted by atomic mass is 79.9. The van der Waals surface area contributed by atoms with E-state index >= 15 is 0 Å². The number of ether oxygens (including phenoxy) is 2. The highest BCUT2D eigenvalue weighted by molar-refractivity contribution is 9.10. The Labute approximate surface area is 482 Å². The summed E-state index contributed by atoms with van der Waals surface area (Å²) in [4.78, 5) is 78.6. The van der Waals surface area contributed by atoms with Crippen LogP contribution in [0.1, 0.15) is 134 Å². The fourth-order valence-corrected chi connectivity index (χ4v) is 10.6. The lowest BCUT2D eigenvalue weighted by molar-refractivity contribution is 0.392. The average molecular weight is 1230 g/mol. The molecule has 2 saturated carbocycles. The summed E-state index contributed by atoms with van der Waals surface area (Å²) in [6.45, 7) is 11.4. The molecule has 2 fully saturated rings. The number of methoxy groups -OCH3 is 2. The molecule has 8 aromatic rings. The number of anilines is 2. The predicted molar refractivity (Wildman–Crippen MR) is 311 cm³/mol. The van der Waals surface area contributed by atoms with E-state index in [-0.39, 0.29) is 81.9 Å². The van der Waals surface area contributed by atoms with Crippen LogP contribution < -0.4 is 31.2 Å². The summed E-state index contributed by atoms with van der Waals surface area (Å²) in [7, 11) is -3.49. The van der Waals surface area contributed by atoms with E-state index in [1.807, 2.05) is 27.7 Å². The summed E-state index contributed by atoms with van der Waals surface area (Å²) in [6.07, 6.45) is 14.7. The molecule has 2 N–H and O–H groups in total. The maximum atomic E-state index is 13.6. The maximum absolute atomic E-state index is 13.6. The summed E-state index contributed by atoms with van der Waals surface area (Å²) < 4.78 is 62.5. The Balaban J connectivity index is 0.000000197. The summed E-state index contributed by atoms with van der Waals surface area (Å²) in [5, 5.41) is 6.08. The van der Waals surface area contributed by atoms with Gasteiger partial charge in [0.15, 0.2) is 48.4 Å². The summed E-state index contributed by atoms with van der Waals surface area (Å²) >= 11 is 9.33. The molecule has 10 rings (SSSR count). The second-order valence-electron chi connectivity index (χ2n) is 18.8. The lowest BCUT2D eigenvalue weighted by Crippen LogP contribution is -2.28. The van der Waals surface area contributed by atoms with E-state index in [1.54, 1.807) is 61.9 Å². The highest BCUT2D eigenvalue weighted by Crippen LogP contribution is 2.45. The van der Waals surface area contributed by atoms with Gasteiger partial charge in [0.1, 0.15) is 33.7 Å². The first-order valence-electron chi connectivity index (χ1n) is 25.9. The van der Waals surface area contributed by atoms with E-state index in [2.05, 4.69) is 81.4 Å². The van der Waals surface area contributed by atoms with Gasteiger partial charge in [-0.25, -0.2) is 61.7 Å². The van der Waals surface area contributed by atoms with Crippen LogP contribution in [0.2, 0.25) is 5.28 Å². The first-order valence-corrected chi connectivity index (χ1v) is 30.3. The molecule has 0 saturated heterocycles. The predicted octanol–water partition coefficient (Wildman–Crippen LogP) is 8.67. The largest absolute Gasteiger partial charge is 0.480 e. The molecule has 0 unspecified atom stereocenters. The van der Waals surface area contributed by atoms with Crippen molar-refractivity contribution in [1.82, 2.24) is 68.9 Å². The molecule has 0 spiro atoms. The highest BCUT2D eigenvalue weighted by Gasteiger charge is 2.32. The second-order valence-corrected chi connectivity index (χ2v) is 24.5. The standard InChI is InChI=1S/C26H30N8O4S.C18H21ClN6O3S.C8H9BrN2O.CH4/c1-5-15(3)34-24-19(13-29-22(33-24)20-21(16-7-8-16)30-14-31-25(20)38-4)32-23(26(34)35)28-11-17-9-10-18(12-27-17)39(36,37)6-2;1-4-11(3)25-16-14(10-22-18(19)24-16)23-15(17(25)26)21-8-12-6-7-13(9-20-12)29(27,28)5-2;1-12-8-6(9)7(5-2-3-5)10-4-11-8;/h9-10,12-16H,5-8,11H2,1-4H3,(H,28,32);6-7,9-11H,4-5,8H2,1-3H3,(H,21,23);4-5H,2-3H2,1H3;1H4/t15-;11-;;/m11../s1. The molecular weight excluding hydrogens is 1170 g/mol. The topological polar surface area (TPSA) is 309 Å². The number of nitrogens with one attached hydrogen (secondary N) is 2. The van der Waals surface area contributed by atoms with Crippen LogP contribution in [-0.2, 0) is 32.8 Å². The fraction of sp³-hybridized carbons (Fsp3) is 0.434. The average Bonchev–Trinajstić information content (AvgIpc) is 4.53. The van der Waals surface area contributed by atoms with Crippen molar-refractivity contribution in [2.45, 2.75) is 134 Å². The molecule has 2 aliphatic rings. The molecular formula is C53H64BrClN16O8S2. The van der Waals surface area contributed by atoms with Gasteiger partial charge in [0.25, 0.3) is 11.1 Å². The number of halogens is 2. The molecule has 0 aromatic carbocycles. The summed E-state index contributed by atoms with van der Waals surface area (Å²) in [5.74, 6) is 2.60. The molecule has 0 aliphatic heterocycles. The zero-order valence-corrected chi connectivity index (χ0v) is 49.2. The molecule has 8 aromatic heterocycles. The minimum absolute atomic E-state index is 0. The van der Waals surface area contributed by atoms with Gasteiger partial charge >= 0.3 is 0 Å². The van der Waals surface area contributed by atoms with Crippen molar-refractivity contribution >= 4 is 81.2 Å². The zero-order chi connectivity index (χ0) is 57.5. The van der Waals surface area contributed by atoms with E-state index in [0.717, 1.165) is 35.1 Å². The van der Waals surface area contributed by atoms with Crippen LogP contribution in [0.5, 0.6) is 11.8 Å². The minimum atomic E-state index is -3.34. The first-order chi connectivity index (χ1) is 38.4. The van der Waals surface area contributed by atoms with Crippen LogP contribution in [0.15, 0.2) is 85.6 Å². The molecule has 430 valence electrons. The van der Waals surface area contributed by atoms with Gasteiger partial charge in [-0.1, -0.05) is 35.1 Å². The third kappa shape index (κ3) is 14.1. The zero-order valence-electron chi connectivity index (χ0n) is 45.3. The van der Waals surface area contributed by atoms with Crippen molar-refractivity contribution in [3.05, 3.63) is 115 Å². The minimum Gasteiger partial charge on any atom is -0.480 e. The molecule has 8 heterocycles. The van der Waals surface area contributed by atoms with Crippen LogP contribution in [0.3, 0.4) is 0 Å². The van der Waals surface area contributed by atoms with Gasteiger partial charge in [-0.2, -0.15) is 4.98 Å². The van der Waals surface area contributed by atoms with Crippen molar-refractivity contribution in [2.75, 3.05) is 36.4 Å². The van der Waals surface area contributed by atoms with Crippen LogP contribution >= 0.6 is 27.5 Å². The molecule has 2 aliphatic carbocycles. The van der Waals surface area contributed by atoms with Crippen LogP contribution in [0.25, 0.3) is 33.7 Å². The maximum Gasteiger partial charge on any atom is 0.295 e. The van der Waals surface area contributed by atoms with E-state index in [4.69, 9.17) is 26.1 Å². The lowest BCUT2D eigenvalue weighted by Gasteiger charge is -2.18. The van der Waals surface area contributed by atoms with Gasteiger partial charge < -0.3 is 20.1 Å². The van der Waals surface area contributed by atoms with Crippen molar-refractivity contribution in [2.24, 2.45) is 0 Å². The number of pyridine rings is 2. The first kappa shape index (κ1) is 61.4. The van der Waals surface area contributed by atoms with Crippen LogP contribution in [-0.4, -0.2) is 112 Å². The monoisotopic (exact) mass is 1230 g/mol. The Morgan fingerprint density at radius 3 is 1.52 bits per heavy atom. The van der Waals surface area contributed by atoms with Gasteiger partial charge in [0, 0.05) is 36.3 Å². The Morgan fingerprint density at radius 2 is 1.07 bits per heavy atom. The van der Waals surface area contributed by atoms with Crippen LogP contribution in [0, 0.1) is 0 Å². The normalized spacial score (nSPS) is 13.9. The number of nitrogens with zero attached hydrogens (tertiary/aromatic N) is 14. The van der Waals surface area contributed by atoms with Gasteiger partial charge in [0.2, 0.25) is 17.0 Å². The van der Waals surface area contributed by atoms with Crippen molar-refractivity contribution < 1.29 is 26.3 Å². The van der Waals surface area contributed by atoms with Crippen molar-refractivity contribution in [3.8, 4) is 23.1 Å². The van der Waals surface area contributed by atoms with Gasteiger partial charge in [0.05, 0.1) is 83.8 Å². The molecule has 0 bridgehead atoms.